The SMILES string of the molecule is CC(C)COC(=O)N1CCC(NCC(O)c2ccccc2)CC1. The molecule has 1 aliphatic heterocycles. The van der Waals surface area contributed by atoms with E-state index >= 15 is 0 Å². The van der Waals surface area contributed by atoms with Crippen LogP contribution in [0.25, 0.3) is 0 Å². The van der Waals surface area contributed by atoms with E-state index in [9.17, 15) is 9.90 Å². The Labute approximate surface area is 138 Å². The van der Waals surface area contributed by atoms with Gasteiger partial charge in [0.1, 0.15) is 0 Å². The van der Waals surface area contributed by atoms with E-state index in [0.717, 1.165) is 18.4 Å². The topological polar surface area (TPSA) is 61.8 Å². The van der Waals surface area contributed by atoms with Gasteiger partial charge in [-0.3, -0.25) is 0 Å². The largest absolute Gasteiger partial charge is 0.449 e. The van der Waals surface area contributed by atoms with Crippen LogP contribution < -0.4 is 5.32 Å². The first-order valence-corrected chi connectivity index (χ1v) is 8.44. The van der Waals surface area contributed by atoms with Crippen LogP contribution in [0.2, 0.25) is 0 Å². The summed E-state index contributed by atoms with van der Waals surface area (Å²) in [5.74, 6) is 0.359. The molecule has 5 nitrogen and oxygen atoms in total. The molecule has 1 saturated heterocycles. The average Bonchev–Trinajstić information content (AvgIpc) is 2.58. The summed E-state index contributed by atoms with van der Waals surface area (Å²) in [6, 6.07) is 10.00. The highest BCUT2D eigenvalue weighted by molar-refractivity contribution is 5.67. The maximum absolute atomic E-state index is 11.9. The molecule has 1 aromatic carbocycles. The lowest BCUT2D eigenvalue weighted by molar-refractivity contribution is 0.0802. The van der Waals surface area contributed by atoms with Crippen LogP contribution in [0.5, 0.6) is 0 Å². The fourth-order valence-corrected chi connectivity index (χ4v) is 2.67. The van der Waals surface area contributed by atoms with Crippen molar-refractivity contribution in [3.63, 3.8) is 0 Å². The number of ether oxygens (including phenoxy) is 1. The van der Waals surface area contributed by atoms with Gasteiger partial charge in [0, 0.05) is 25.7 Å². The zero-order valence-corrected chi connectivity index (χ0v) is 14.1. The number of likely N-dealkylation sites (tertiary alicyclic amines) is 1. The standard InChI is InChI=1S/C18H28N2O3/c1-14(2)13-23-18(22)20-10-8-16(9-11-20)19-12-17(21)15-6-4-3-5-7-15/h3-7,14,16-17,19,21H,8-13H2,1-2H3. The van der Waals surface area contributed by atoms with Crippen LogP contribution in [0.15, 0.2) is 30.3 Å². The molecule has 1 amide bonds. The van der Waals surface area contributed by atoms with Crippen molar-refractivity contribution >= 4 is 6.09 Å². The van der Waals surface area contributed by atoms with Gasteiger partial charge in [0.05, 0.1) is 12.7 Å². The van der Waals surface area contributed by atoms with Gasteiger partial charge in [-0.05, 0) is 24.3 Å². The van der Waals surface area contributed by atoms with E-state index < -0.39 is 6.10 Å². The maximum atomic E-state index is 11.9. The Morgan fingerprint density at radius 1 is 1.30 bits per heavy atom. The molecule has 0 saturated carbocycles. The molecular formula is C18H28N2O3. The minimum absolute atomic E-state index is 0.207. The fraction of sp³-hybridized carbons (Fsp3) is 0.611. The van der Waals surface area contributed by atoms with E-state index in [-0.39, 0.29) is 6.09 Å². The third kappa shape index (κ3) is 5.84. The van der Waals surface area contributed by atoms with Gasteiger partial charge in [-0.1, -0.05) is 44.2 Å². The van der Waals surface area contributed by atoms with Crippen LogP contribution >= 0.6 is 0 Å². The molecule has 1 heterocycles. The Morgan fingerprint density at radius 3 is 2.57 bits per heavy atom. The van der Waals surface area contributed by atoms with Crippen LogP contribution in [-0.2, 0) is 4.74 Å². The molecule has 2 rings (SSSR count). The highest BCUT2D eigenvalue weighted by Crippen LogP contribution is 2.15. The lowest BCUT2D eigenvalue weighted by Crippen LogP contribution is -2.46. The molecule has 0 aliphatic carbocycles. The highest BCUT2D eigenvalue weighted by atomic mass is 16.6. The Bertz CT molecular complexity index is 470. The first kappa shape index (κ1) is 17.8. The Hall–Kier alpha value is -1.59. The van der Waals surface area contributed by atoms with Crippen LogP contribution in [0.1, 0.15) is 38.4 Å². The number of benzene rings is 1. The third-order valence-corrected chi connectivity index (χ3v) is 4.08. The van der Waals surface area contributed by atoms with E-state index in [2.05, 4.69) is 5.32 Å². The molecule has 1 atom stereocenters. The van der Waals surface area contributed by atoms with E-state index in [4.69, 9.17) is 4.74 Å². The number of rotatable bonds is 6. The van der Waals surface area contributed by atoms with Crippen molar-refractivity contribution < 1.29 is 14.6 Å². The summed E-state index contributed by atoms with van der Waals surface area (Å²) in [6.45, 7) is 6.47. The molecule has 0 aromatic heterocycles. The summed E-state index contributed by atoms with van der Waals surface area (Å²) < 4.78 is 5.26. The number of hydrogen-bond acceptors (Lipinski definition) is 4. The van der Waals surface area contributed by atoms with Gasteiger partial charge in [-0.2, -0.15) is 0 Å². The van der Waals surface area contributed by atoms with Crippen LogP contribution in [-0.4, -0.2) is 48.4 Å². The normalized spacial score (nSPS) is 17.3. The molecule has 1 unspecified atom stereocenters. The number of aliphatic hydroxyl groups excluding tert-OH is 1. The van der Waals surface area contributed by atoms with E-state index in [1.54, 1.807) is 4.90 Å². The number of aliphatic hydroxyl groups is 1. The minimum atomic E-state index is -0.495. The second-order valence-corrected chi connectivity index (χ2v) is 6.57. The highest BCUT2D eigenvalue weighted by Gasteiger charge is 2.24. The molecule has 0 radical (unpaired) electrons. The van der Waals surface area contributed by atoms with Gasteiger partial charge in [0.25, 0.3) is 0 Å². The number of nitrogens with zero attached hydrogens (tertiary/aromatic N) is 1. The zero-order valence-electron chi connectivity index (χ0n) is 14.1. The number of amides is 1. The summed E-state index contributed by atoms with van der Waals surface area (Å²) in [4.78, 5) is 13.7. The maximum Gasteiger partial charge on any atom is 0.409 e. The van der Waals surface area contributed by atoms with Gasteiger partial charge < -0.3 is 20.1 Å². The first-order valence-electron chi connectivity index (χ1n) is 8.44. The predicted molar refractivity (Wildman–Crippen MR) is 90.2 cm³/mol. The van der Waals surface area contributed by atoms with Gasteiger partial charge in [-0.25, -0.2) is 4.79 Å². The second kappa shape index (κ2) is 8.89. The molecule has 1 aromatic rings. The number of nitrogens with one attached hydrogen (secondary N) is 1. The molecule has 0 bridgehead atoms. The number of piperidine rings is 1. The smallest absolute Gasteiger partial charge is 0.409 e. The summed E-state index contributed by atoms with van der Waals surface area (Å²) in [6.07, 6.45) is 1.07. The van der Waals surface area contributed by atoms with Crippen molar-refractivity contribution in [2.45, 2.75) is 38.8 Å². The van der Waals surface area contributed by atoms with E-state index in [0.29, 0.717) is 38.2 Å². The monoisotopic (exact) mass is 320 g/mol. The molecule has 0 spiro atoms. The van der Waals surface area contributed by atoms with Crippen molar-refractivity contribution in [3.05, 3.63) is 35.9 Å². The van der Waals surface area contributed by atoms with Crippen molar-refractivity contribution in [1.29, 1.82) is 0 Å². The van der Waals surface area contributed by atoms with Crippen LogP contribution in [0.3, 0.4) is 0 Å². The molecule has 5 heteroatoms. The van der Waals surface area contributed by atoms with Crippen molar-refractivity contribution in [2.24, 2.45) is 5.92 Å². The average molecular weight is 320 g/mol. The van der Waals surface area contributed by atoms with E-state index in [1.165, 1.54) is 0 Å². The predicted octanol–water partition coefficient (Wildman–Crippen LogP) is 2.57. The van der Waals surface area contributed by atoms with Gasteiger partial charge in [0.2, 0.25) is 0 Å². The molecule has 23 heavy (non-hydrogen) atoms. The molecule has 128 valence electrons. The number of carbonyl (C=O) groups is 1. The fourth-order valence-electron chi connectivity index (χ4n) is 2.67. The number of carbonyl (C=O) groups excluding carboxylic acids is 1. The Kier molecular flexibility index (Phi) is 6.86. The third-order valence-electron chi connectivity index (χ3n) is 4.08. The molecule has 1 aliphatic rings. The van der Waals surface area contributed by atoms with Crippen molar-refractivity contribution in [2.75, 3.05) is 26.2 Å². The minimum Gasteiger partial charge on any atom is -0.449 e. The summed E-state index contributed by atoms with van der Waals surface area (Å²) >= 11 is 0. The van der Waals surface area contributed by atoms with Crippen molar-refractivity contribution in [1.82, 2.24) is 10.2 Å². The first-order chi connectivity index (χ1) is 11.1. The number of hydrogen-bond donors (Lipinski definition) is 2. The quantitative estimate of drug-likeness (QED) is 0.846. The molecule has 2 N–H and O–H groups in total. The Balaban J connectivity index is 1.67. The molecular weight excluding hydrogens is 292 g/mol. The van der Waals surface area contributed by atoms with Crippen molar-refractivity contribution in [3.8, 4) is 0 Å². The molecule has 1 fully saturated rings. The summed E-state index contributed by atoms with van der Waals surface area (Å²) in [5.41, 5.74) is 0.926. The lowest BCUT2D eigenvalue weighted by Gasteiger charge is -2.32. The van der Waals surface area contributed by atoms with Gasteiger partial charge >= 0.3 is 6.09 Å². The lowest BCUT2D eigenvalue weighted by atomic mass is 10.0. The van der Waals surface area contributed by atoms with Crippen LogP contribution in [0.4, 0.5) is 4.79 Å². The van der Waals surface area contributed by atoms with Gasteiger partial charge in [0.15, 0.2) is 0 Å². The summed E-state index contributed by atoms with van der Waals surface area (Å²) in [5, 5.41) is 13.6. The second-order valence-electron chi connectivity index (χ2n) is 6.57. The van der Waals surface area contributed by atoms with Crippen LogP contribution in [0, 0.1) is 5.92 Å². The summed E-state index contributed by atoms with van der Waals surface area (Å²) in [7, 11) is 0. The van der Waals surface area contributed by atoms with E-state index in [1.807, 2.05) is 44.2 Å². The Morgan fingerprint density at radius 2 is 1.96 bits per heavy atom. The van der Waals surface area contributed by atoms with Gasteiger partial charge in [-0.15, -0.1) is 0 Å². The zero-order chi connectivity index (χ0) is 16.7.